The van der Waals surface area contributed by atoms with Crippen LogP contribution in [0.1, 0.15) is 11.1 Å². The lowest BCUT2D eigenvalue weighted by Gasteiger charge is -2.14. The Morgan fingerprint density at radius 2 is 1.70 bits per heavy atom. The maximum atomic E-state index is 8.90. The smallest absolute Gasteiger partial charge is 0.218 e. The van der Waals surface area contributed by atoms with E-state index in [1.165, 1.54) is 16.7 Å². The van der Waals surface area contributed by atoms with Crippen molar-refractivity contribution in [3.8, 4) is 28.3 Å². The van der Waals surface area contributed by atoms with Crippen molar-refractivity contribution in [2.75, 3.05) is 20.3 Å². The van der Waals surface area contributed by atoms with E-state index in [0.717, 1.165) is 16.8 Å². The van der Waals surface area contributed by atoms with Crippen molar-refractivity contribution in [1.29, 1.82) is 0 Å². The summed E-state index contributed by atoms with van der Waals surface area (Å²) in [7, 11) is 1.63. The van der Waals surface area contributed by atoms with Gasteiger partial charge in [0.2, 0.25) is 5.88 Å². The van der Waals surface area contributed by atoms with Crippen LogP contribution in [0.4, 0.5) is 0 Å². The molecular weight excluding hydrogens is 360 g/mol. The number of hydrogen-bond donors (Lipinski definition) is 2. The number of halogens is 1. The predicted octanol–water partition coefficient (Wildman–Crippen LogP) is 4.24. The zero-order chi connectivity index (χ0) is 18.4. The van der Waals surface area contributed by atoms with Crippen LogP contribution in [0.25, 0.3) is 22.4 Å². The summed E-state index contributed by atoms with van der Waals surface area (Å²) in [5.41, 5.74) is 6.56. The van der Waals surface area contributed by atoms with Crippen LogP contribution in [-0.4, -0.2) is 30.4 Å². The van der Waals surface area contributed by atoms with Crippen molar-refractivity contribution >= 4 is 12.4 Å². The Morgan fingerprint density at radius 1 is 0.963 bits per heavy atom. The van der Waals surface area contributed by atoms with Crippen LogP contribution in [0, 0.1) is 6.92 Å². The average molecular weight is 385 g/mol. The van der Waals surface area contributed by atoms with Crippen molar-refractivity contribution in [3.05, 3.63) is 71.8 Å². The standard InChI is InChI=1S/C22H24N2O2.ClH/c1-16-19(17-7-4-3-5-8-17)9-6-10-20(16)21-12-11-18(15-23-13-14-25)22(24-21)26-2;/h3-12,23,25H,13-15H2,1-2H3;1H. The Labute approximate surface area is 166 Å². The normalized spacial score (nSPS) is 10.3. The molecule has 3 rings (SSSR count). The molecule has 1 heterocycles. The van der Waals surface area contributed by atoms with Gasteiger partial charge in [0.1, 0.15) is 0 Å². The quantitative estimate of drug-likeness (QED) is 0.598. The molecule has 2 N–H and O–H groups in total. The Balaban J connectivity index is 0.00000261. The number of hydrogen-bond acceptors (Lipinski definition) is 4. The molecule has 4 nitrogen and oxygen atoms in total. The monoisotopic (exact) mass is 384 g/mol. The number of aliphatic hydroxyl groups excluding tert-OH is 1. The van der Waals surface area contributed by atoms with E-state index in [4.69, 9.17) is 14.8 Å². The molecule has 2 aromatic carbocycles. The summed E-state index contributed by atoms with van der Waals surface area (Å²) in [5.74, 6) is 0.609. The highest BCUT2D eigenvalue weighted by molar-refractivity contribution is 5.85. The fourth-order valence-electron chi connectivity index (χ4n) is 3.08. The second-order valence-electron chi connectivity index (χ2n) is 6.11. The first-order chi connectivity index (χ1) is 12.7. The number of nitrogens with one attached hydrogen (secondary N) is 1. The molecule has 0 atom stereocenters. The fourth-order valence-corrected chi connectivity index (χ4v) is 3.08. The van der Waals surface area contributed by atoms with Crippen LogP contribution in [0.15, 0.2) is 60.7 Å². The van der Waals surface area contributed by atoms with Gasteiger partial charge in [0.25, 0.3) is 0 Å². The van der Waals surface area contributed by atoms with Gasteiger partial charge < -0.3 is 15.2 Å². The molecule has 0 aliphatic heterocycles. The highest BCUT2D eigenvalue weighted by atomic mass is 35.5. The Morgan fingerprint density at radius 3 is 2.41 bits per heavy atom. The van der Waals surface area contributed by atoms with Crippen LogP contribution >= 0.6 is 12.4 Å². The number of aromatic nitrogens is 1. The fraction of sp³-hybridized carbons (Fsp3) is 0.227. The lowest BCUT2D eigenvalue weighted by Crippen LogP contribution is -2.18. The van der Waals surface area contributed by atoms with Gasteiger partial charge in [-0.05, 0) is 29.7 Å². The Bertz CT molecular complexity index is 869. The molecule has 5 heteroatoms. The molecule has 0 spiro atoms. The van der Waals surface area contributed by atoms with Gasteiger partial charge in [0, 0.05) is 24.2 Å². The second kappa shape index (κ2) is 10.1. The molecule has 0 saturated heterocycles. The summed E-state index contributed by atoms with van der Waals surface area (Å²) >= 11 is 0. The van der Waals surface area contributed by atoms with E-state index in [-0.39, 0.29) is 19.0 Å². The largest absolute Gasteiger partial charge is 0.481 e. The lowest BCUT2D eigenvalue weighted by atomic mass is 9.94. The average Bonchev–Trinajstić information content (AvgIpc) is 2.69. The zero-order valence-electron chi connectivity index (χ0n) is 15.6. The number of aliphatic hydroxyl groups is 1. The molecule has 0 fully saturated rings. The van der Waals surface area contributed by atoms with Crippen LogP contribution in [0.5, 0.6) is 5.88 Å². The first-order valence-corrected chi connectivity index (χ1v) is 8.75. The van der Waals surface area contributed by atoms with Gasteiger partial charge in [-0.2, -0.15) is 0 Å². The summed E-state index contributed by atoms with van der Waals surface area (Å²) in [4.78, 5) is 4.71. The third-order valence-electron chi connectivity index (χ3n) is 4.43. The van der Waals surface area contributed by atoms with Crippen molar-refractivity contribution in [1.82, 2.24) is 10.3 Å². The molecule has 0 unspecified atom stereocenters. The summed E-state index contributed by atoms with van der Waals surface area (Å²) in [6.07, 6.45) is 0. The number of benzene rings is 2. The Hall–Kier alpha value is -2.40. The molecule has 3 aromatic rings. The van der Waals surface area contributed by atoms with Gasteiger partial charge in [0.05, 0.1) is 19.4 Å². The zero-order valence-corrected chi connectivity index (χ0v) is 16.4. The van der Waals surface area contributed by atoms with Gasteiger partial charge in [-0.1, -0.05) is 54.6 Å². The molecule has 27 heavy (non-hydrogen) atoms. The molecule has 0 aliphatic carbocycles. The van der Waals surface area contributed by atoms with Gasteiger partial charge in [-0.25, -0.2) is 4.98 Å². The van der Waals surface area contributed by atoms with Crippen molar-refractivity contribution < 1.29 is 9.84 Å². The van der Waals surface area contributed by atoms with Crippen LogP contribution < -0.4 is 10.1 Å². The summed E-state index contributed by atoms with van der Waals surface area (Å²) in [6, 6.07) is 20.7. The minimum atomic E-state index is 0. The van der Waals surface area contributed by atoms with Crippen molar-refractivity contribution in [2.45, 2.75) is 13.5 Å². The van der Waals surface area contributed by atoms with E-state index in [2.05, 4.69) is 54.7 Å². The first-order valence-electron chi connectivity index (χ1n) is 8.75. The highest BCUT2D eigenvalue weighted by Gasteiger charge is 2.12. The topological polar surface area (TPSA) is 54.4 Å². The molecule has 1 aromatic heterocycles. The maximum Gasteiger partial charge on any atom is 0.218 e. The van der Waals surface area contributed by atoms with E-state index in [0.29, 0.717) is 19.0 Å². The maximum absolute atomic E-state index is 8.90. The van der Waals surface area contributed by atoms with E-state index < -0.39 is 0 Å². The Kier molecular flexibility index (Phi) is 7.80. The molecule has 0 bridgehead atoms. The highest BCUT2D eigenvalue weighted by Crippen LogP contribution is 2.32. The third-order valence-corrected chi connectivity index (χ3v) is 4.43. The number of ether oxygens (including phenoxy) is 1. The van der Waals surface area contributed by atoms with E-state index in [1.54, 1.807) is 7.11 Å². The minimum absolute atomic E-state index is 0. The first kappa shape index (κ1) is 20.9. The number of nitrogens with zero attached hydrogens (tertiary/aromatic N) is 1. The van der Waals surface area contributed by atoms with Crippen molar-refractivity contribution in [2.24, 2.45) is 0 Å². The molecule has 0 saturated carbocycles. The van der Waals surface area contributed by atoms with Gasteiger partial charge in [-0.3, -0.25) is 0 Å². The molecular formula is C22H25ClN2O2. The number of pyridine rings is 1. The number of rotatable bonds is 7. The van der Waals surface area contributed by atoms with Gasteiger partial charge in [0.15, 0.2) is 0 Å². The van der Waals surface area contributed by atoms with Crippen LogP contribution in [0.3, 0.4) is 0 Å². The van der Waals surface area contributed by atoms with Gasteiger partial charge in [-0.15, -0.1) is 12.4 Å². The lowest BCUT2D eigenvalue weighted by molar-refractivity contribution is 0.291. The molecule has 0 aliphatic rings. The van der Waals surface area contributed by atoms with Gasteiger partial charge >= 0.3 is 0 Å². The predicted molar refractivity (Wildman–Crippen MR) is 112 cm³/mol. The molecule has 0 radical (unpaired) electrons. The van der Waals surface area contributed by atoms with Crippen LogP contribution in [0.2, 0.25) is 0 Å². The van der Waals surface area contributed by atoms with Crippen LogP contribution in [-0.2, 0) is 6.54 Å². The minimum Gasteiger partial charge on any atom is -0.481 e. The summed E-state index contributed by atoms with van der Waals surface area (Å²) in [6.45, 7) is 3.39. The third kappa shape index (κ3) is 4.86. The summed E-state index contributed by atoms with van der Waals surface area (Å²) < 4.78 is 5.48. The second-order valence-corrected chi connectivity index (χ2v) is 6.11. The van der Waals surface area contributed by atoms with Crippen molar-refractivity contribution in [3.63, 3.8) is 0 Å². The van der Waals surface area contributed by atoms with E-state index in [1.807, 2.05) is 18.2 Å². The molecule has 142 valence electrons. The summed E-state index contributed by atoms with van der Waals surface area (Å²) in [5, 5.41) is 12.1. The molecule has 0 amide bonds. The number of methoxy groups -OCH3 is 1. The SMILES string of the molecule is COc1nc(-c2cccc(-c3ccccc3)c2C)ccc1CNCCO.Cl. The van der Waals surface area contributed by atoms with E-state index in [9.17, 15) is 0 Å². The van der Waals surface area contributed by atoms with E-state index >= 15 is 0 Å².